The number of pyridine rings is 1. The lowest BCUT2D eigenvalue weighted by Crippen LogP contribution is -2.19. The quantitative estimate of drug-likeness (QED) is 0.841. The Labute approximate surface area is 123 Å². The van der Waals surface area contributed by atoms with Gasteiger partial charge >= 0.3 is 6.18 Å². The van der Waals surface area contributed by atoms with Gasteiger partial charge in [-0.15, -0.1) is 0 Å². The Balaban J connectivity index is 2.08. The molecule has 0 fully saturated rings. The normalized spacial score (nSPS) is 15.0. The van der Waals surface area contributed by atoms with Gasteiger partial charge in [0.25, 0.3) is 0 Å². The molecule has 3 rings (SSSR count). The minimum absolute atomic E-state index is 0.0843. The van der Waals surface area contributed by atoms with E-state index in [1.54, 1.807) is 12.1 Å². The molecule has 112 valence electrons. The minimum Gasteiger partial charge on any atom is -0.482 e. The Morgan fingerprint density at radius 1 is 1.33 bits per heavy atom. The van der Waals surface area contributed by atoms with Crippen LogP contribution >= 0.6 is 11.6 Å². The van der Waals surface area contributed by atoms with Crippen LogP contribution in [-0.2, 0) is 17.8 Å². The van der Waals surface area contributed by atoms with Crippen LogP contribution in [-0.4, -0.2) is 24.4 Å². The van der Waals surface area contributed by atoms with Crippen molar-refractivity contribution in [2.24, 2.45) is 0 Å². The highest BCUT2D eigenvalue weighted by Crippen LogP contribution is 2.35. The van der Waals surface area contributed by atoms with E-state index < -0.39 is 12.8 Å². The molecule has 2 aromatic rings. The number of ether oxygens (including phenoxy) is 2. The average Bonchev–Trinajstić information content (AvgIpc) is 2.45. The summed E-state index contributed by atoms with van der Waals surface area (Å²) >= 11 is 6.32. The summed E-state index contributed by atoms with van der Waals surface area (Å²) in [7, 11) is 0. The molecule has 0 radical (unpaired) electrons. The Morgan fingerprint density at radius 2 is 2.14 bits per heavy atom. The number of rotatable bonds is 2. The molecule has 7 heteroatoms. The number of benzene rings is 1. The third kappa shape index (κ3) is 2.91. The molecule has 0 amide bonds. The Kier molecular flexibility index (Phi) is 3.67. The lowest BCUT2D eigenvalue weighted by atomic mass is 10.1. The largest absolute Gasteiger partial charge is 0.482 e. The van der Waals surface area contributed by atoms with Crippen LogP contribution in [0.5, 0.6) is 5.75 Å². The number of halogens is 4. The number of fused-ring (bicyclic) bond motifs is 2. The van der Waals surface area contributed by atoms with Gasteiger partial charge in [0.05, 0.1) is 23.9 Å². The monoisotopic (exact) mass is 317 g/mol. The molecule has 0 spiro atoms. The van der Waals surface area contributed by atoms with Crippen LogP contribution in [0.1, 0.15) is 11.3 Å². The molecule has 0 saturated heterocycles. The Morgan fingerprint density at radius 3 is 2.90 bits per heavy atom. The topological polar surface area (TPSA) is 31.4 Å². The number of para-hydroxylation sites is 1. The first-order valence-electron chi connectivity index (χ1n) is 6.33. The van der Waals surface area contributed by atoms with Crippen molar-refractivity contribution in [3.63, 3.8) is 0 Å². The fraction of sp³-hybridized carbons (Fsp3) is 0.357. The number of nitrogens with zero attached hydrogens (tertiary/aromatic N) is 1. The molecular formula is C14H11ClF3NO2. The van der Waals surface area contributed by atoms with Crippen molar-refractivity contribution in [2.45, 2.75) is 19.2 Å². The highest BCUT2D eigenvalue weighted by atomic mass is 35.5. The molecule has 0 atom stereocenters. The van der Waals surface area contributed by atoms with E-state index in [-0.39, 0.29) is 5.75 Å². The molecule has 21 heavy (non-hydrogen) atoms. The van der Waals surface area contributed by atoms with Gasteiger partial charge in [-0.25, -0.2) is 4.98 Å². The fourth-order valence-corrected chi connectivity index (χ4v) is 2.60. The highest BCUT2D eigenvalue weighted by molar-refractivity contribution is 6.36. The van der Waals surface area contributed by atoms with Gasteiger partial charge in [-0.05, 0) is 6.07 Å². The van der Waals surface area contributed by atoms with Gasteiger partial charge in [0.2, 0.25) is 0 Å². The summed E-state index contributed by atoms with van der Waals surface area (Å²) in [5, 5.41) is 1.03. The third-order valence-corrected chi connectivity index (χ3v) is 3.65. The molecule has 3 nitrogen and oxygen atoms in total. The van der Waals surface area contributed by atoms with Crippen molar-refractivity contribution in [1.82, 2.24) is 4.98 Å². The van der Waals surface area contributed by atoms with Crippen molar-refractivity contribution in [1.29, 1.82) is 0 Å². The van der Waals surface area contributed by atoms with Gasteiger partial charge in [-0.3, -0.25) is 0 Å². The van der Waals surface area contributed by atoms with Gasteiger partial charge in [0, 0.05) is 17.4 Å². The second kappa shape index (κ2) is 5.35. The Bertz CT molecular complexity index is 688. The van der Waals surface area contributed by atoms with Gasteiger partial charge in [0.1, 0.15) is 11.3 Å². The van der Waals surface area contributed by atoms with Crippen LogP contribution in [0.2, 0.25) is 5.02 Å². The van der Waals surface area contributed by atoms with Gasteiger partial charge in [0.15, 0.2) is 6.61 Å². The summed E-state index contributed by atoms with van der Waals surface area (Å²) in [5.74, 6) is 0.0843. The van der Waals surface area contributed by atoms with E-state index in [2.05, 4.69) is 4.98 Å². The van der Waals surface area contributed by atoms with Crippen LogP contribution in [0.3, 0.4) is 0 Å². The summed E-state index contributed by atoms with van der Waals surface area (Å²) in [6.07, 6.45) is -3.81. The zero-order valence-electron chi connectivity index (χ0n) is 10.8. The summed E-state index contributed by atoms with van der Waals surface area (Å²) < 4.78 is 47.1. The number of alkyl halides is 3. The van der Waals surface area contributed by atoms with Gasteiger partial charge in [-0.2, -0.15) is 13.2 Å². The second-order valence-electron chi connectivity index (χ2n) is 4.71. The molecule has 1 aromatic carbocycles. The molecule has 0 saturated carbocycles. The summed E-state index contributed by atoms with van der Waals surface area (Å²) in [5.41, 5.74) is 1.90. The van der Waals surface area contributed by atoms with E-state index in [0.717, 1.165) is 11.3 Å². The molecule has 2 heterocycles. The maximum absolute atomic E-state index is 12.3. The summed E-state index contributed by atoms with van der Waals surface area (Å²) in [4.78, 5) is 4.42. The lowest BCUT2D eigenvalue weighted by molar-refractivity contribution is -0.153. The molecule has 1 aromatic heterocycles. The SMILES string of the molecule is FC(F)(F)COc1cccc2c(Cl)c3c(nc12)CCOC3. The summed E-state index contributed by atoms with van der Waals surface area (Å²) in [6, 6.07) is 4.76. The van der Waals surface area contributed by atoms with Crippen molar-refractivity contribution in [3.05, 3.63) is 34.5 Å². The van der Waals surface area contributed by atoms with Crippen molar-refractivity contribution < 1.29 is 22.6 Å². The molecule has 0 bridgehead atoms. The Hall–Kier alpha value is -1.53. The zero-order valence-corrected chi connectivity index (χ0v) is 11.6. The fourth-order valence-electron chi connectivity index (χ4n) is 2.28. The van der Waals surface area contributed by atoms with E-state index in [1.165, 1.54) is 6.07 Å². The van der Waals surface area contributed by atoms with E-state index in [4.69, 9.17) is 21.1 Å². The highest BCUT2D eigenvalue weighted by Gasteiger charge is 2.29. The van der Waals surface area contributed by atoms with Crippen LogP contribution < -0.4 is 4.74 Å². The smallest absolute Gasteiger partial charge is 0.422 e. The van der Waals surface area contributed by atoms with Crippen molar-refractivity contribution in [2.75, 3.05) is 13.2 Å². The minimum atomic E-state index is -4.39. The second-order valence-corrected chi connectivity index (χ2v) is 5.09. The van der Waals surface area contributed by atoms with E-state index >= 15 is 0 Å². The zero-order chi connectivity index (χ0) is 15.0. The van der Waals surface area contributed by atoms with E-state index in [0.29, 0.717) is 35.6 Å². The molecule has 1 aliphatic rings. The molecule has 1 aliphatic heterocycles. The predicted molar refractivity (Wildman–Crippen MR) is 71.7 cm³/mol. The van der Waals surface area contributed by atoms with Crippen LogP contribution in [0, 0.1) is 0 Å². The van der Waals surface area contributed by atoms with Crippen LogP contribution in [0.4, 0.5) is 13.2 Å². The van der Waals surface area contributed by atoms with Crippen molar-refractivity contribution >= 4 is 22.5 Å². The van der Waals surface area contributed by atoms with E-state index in [9.17, 15) is 13.2 Å². The predicted octanol–water partition coefficient (Wildman–Crippen LogP) is 3.90. The first kappa shape index (κ1) is 14.4. The maximum Gasteiger partial charge on any atom is 0.422 e. The van der Waals surface area contributed by atoms with Crippen molar-refractivity contribution in [3.8, 4) is 5.75 Å². The number of hydrogen-bond acceptors (Lipinski definition) is 3. The third-order valence-electron chi connectivity index (χ3n) is 3.22. The molecular weight excluding hydrogens is 307 g/mol. The molecule has 0 unspecified atom stereocenters. The first-order chi connectivity index (χ1) is 9.96. The summed E-state index contributed by atoms with van der Waals surface area (Å²) in [6.45, 7) is -0.468. The van der Waals surface area contributed by atoms with Crippen LogP contribution in [0.15, 0.2) is 18.2 Å². The lowest BCUT2D eigenvalue weighted by Gasteiger charge is -2.19. The number of aromatic nitrogens is 1. The standard InChI is InChI=1S/C14H11ClF3NO2/c15-12-8-2-1-3-11(21-7-14(16,17)18)13(8)19-10-4-5-20-6-9(10)12/h1-3H,4-7H2. The maximum atomic E-state index is 12.3. The molecule has 0 N–H and O–H groups in total. The first-order valence-corrected chi connectivity index (χ1v) is 6.71. The average molecular weight is 318 g/mol. The van der Waals surface area contributed by atoms with Crippen LogP contribution in [0.25, 0.3) is 10.9 Å². The van der Waals surface area contributed by atoms with Gasteiger partial charge in [-0.1, -0.05) is 23.7 Å². The van der Waals surface area contributed by atoms with E-state index in [1.807, 2.05) is 0 Å². The number of hydrogen-bond donors (Lipinski definition) is 0. The van der Waals surface area contributed by atoms with Gasteiger partial charge < -0.3 is 9.47 Å². The molecule has 0 aliphatic carbocycles.